The number of nitrogens with zero attached hydrogens (tertiary/aromatic N) is 1. The Morgan fingerprint density at radius 1 is 1.55 bits per heavy atom. The van der Waals surface area contributed by atoms with E-state index in [9.17, 15) is 4.79 Å². The number of anilines is 1. The Hall–Kier alpha value is -1.10. The van der Waals surface area contributed by atoms with E-state index in [2.05, 4.69) is 17.1 Å². The lowest BCUT2D eigenvalue weighted by atomic mass is 10.1. The molecule has 0 saturated carbocycles. The summed E-state index contributed by atoms with van der Waals surface area (Å²) in [6, 6.07) is 5.89. The molecule has 2 unspecified atom stereocenters. The van der Waals surface area contributed by atoms with Crippen molar-refractivity contribution in [1.29, 1.82) is 0 Å². The Kier molecular flexibility index (Phi) is 5.02. The van der Waals surface area contributed by atoms with E-state index in [-0.39, 0.29) is 5.91 Å². The average Bonchev–Trinajstić information content (AvgIpc) is 2.74. The number of likely N-dealkylation sites (tertiary alicyclic amines) is 1. The van der Waals surface area contributed by atoms with Gasteiger partial charge in [0.15, 0.2) is 0 Å². The van der Waals surface area contributed by atoms with Gasteiger partial charge in [0, 0.05) is 23.3 Å². The molecule has 4 nitrogen and oxygen atoms in total. The number of aryl methyl sites for hydroxylation is 1. The van der Waals surface area contributed by atoms with E-state index < -0.39 is 0 Å². The number of carbonyl (C=O) groups excluding carboxylic acids is 1. The first kappa shape index (κ1) is 15.3. The van der Waals surface area contributed by atoms with Gasteiger partial charge in [0.05, 0.1) is 6.54 Å². The second-order valence-corrected chi connectivity index (χ2v) is 6.06. The summed E-state index contributed by atoms with van der Waals surface area (Å²) in [5, 5.41) is 3.63. The summed E-state index contributed by atoms with van der Waals surface area (Å²) in [6.07, 6.45) is 1.07. The number of hydrogen-bond donors (Lipinski definition) is 2. The molecule has 0 bridgehead atoms. The monoisotopic (exact) mass is 295 g/mol. The van der Waals surface area contributed by atoms with Crippen LogP contribution < -0.4 is 11.1 Å². The lowest BCUT2D eigenvalue weighted by molar-refractivity contribution is -0.117. The zero-order valence-corrected chi connectivity index (χ0v) is 12.8. The Labute approximate surface area is 125 Å². The maximum atomic E-state index is 12.1. The summed E-state index contributed by atoms with van der Waals surface area (Å²) in [5.74, 6) is 0.523. The fraction of sp³-hybridized carbons (Fsp3) is 0.533. The molecule has 0 radical (unpaired) electrons. The molecular formula is C15H22ClN3O. The standard InChI is InChI=1S/C15H22ClN3O/c1-10-5-13(16)3-4-14(10)18-15(20)9-19-8-12(7-17)6-11(19)2/h3-5,11-12H,6-9,17H2,1-2H3,(H,18,20). The van der Waals surface area contributed by atoms with Gasteiger partial charge >= 0.3 is 0 Å². The highest BCUT2D eigenvalue weighted by molar-refractivity contribution is 6.30. The quantitative estimate of drug-likeness (QED) is 0.896. The van der Waals surface area contributed by atoms with Crippen molar-refractivity contribution >= 4 is 23.2 Å². The number of benzene rings is 1. The topological polar surface area (TPSA) is 58.4 Å². The Morgan fingerprint density at radius 3 is 2.90 bits per heavy atom. The number of halogens is 1. The molecule has 20 heavy (non-hydrogen) atoms. The summed E-state index contributed by atoms with van der Waals surface area (Å²) in [4.78, 5) is 14.3. The Balaban J connectivity index is 1.92. The molecule has 5 heteroatoms. The van der Waals surface area contributed by atoms with Crippen LogP contribution in [0.5, 0.6) is 0 Å². The normalized spacial score (nSPS) is 23.0. The van der Waals surface area contributed by atoms with Crippen molar-refractivity contribution in [3.05, 3.63) is 28.8 Å². The maximum absolute atomic E-state index is 12.1. The molecule has 1 aromatic rings. The van der Waals surface area contributed by atoms with Crippen LogP contribution in [-0.2, 0) is 4.79 Å². The van der Waals surface area contributed by atoms with Gasteiger partial charge in [-0.05, 0) is 56.5 Å². The van der Waals surface area contributed by atoms with Crippen LogP contribution in [0.1, 0.15) is 18.9 Å². The third kappa shape index (κ3) is 3.72. The van der Waals surface area contributed by atoms with Gasteiger partial charge in [-0.15, -0.1) is 0 Å². The smallest absolute Gasteiger partial charge is 0.238 e. The fourth-order valence-electron chi connectivity index (χ4n) is 2.75. The van der Waals surface area contributed by atoms with Gasteiger partial charge in [0.2, 0.25) is 5.91 Å². The second kappa shape index (κ2) is 6.57. The van der Waals surface area contributed by atoms with E-state index in [1.807, 2.05) is 19.1 Å². The van der Waals surface area contributed by atoms with Gasteiger partial charge in [-0.3, -0.25) is 9.69 Å². The van der Waals surface area contributed by atoms with Crippen molar-refractivity contribution in [2.75, 3.05) is 25.0 Å². The minimum Gasteiger partial charge on any atom is -0.330 e. The van der Waals surface area contributed by atoms with Crippen LogP contribution in [0.3, 0.4) is 0 Å². The maximum Gasteiger partial charge on any atom is 0.238 e. The number of nitrogens with one attached hydrogen (secondary N) is 1. The van der Waals surface area contributed by atoms with Crippen LogP contribution in [-0.4, -0.2) is 36.5 Å². The third-order valence-corrected chi connectivity index (χ3v) is 4.17. The molecule has 0 spiro atoms. The second-order valence-electron chi connectivity index (χ2n) is 5.62. The van der Waals surface area contributed by atoms with Crippen LogP contribution >= 0.6 is 11.6 Å². The largest absolute Gasteiger partial charge is 0.330 e. The molecule has 3 N–H and O–H groups in total. The number of amides is 1. The Bertz CT molecular complexity index is 492. The molecule has 110 valence electrons. The summed E-state index contributed by atoms with van der Waals surface area (Å²) in [6.45, 7) is 6.10. The van der Waals surface area contributed by atoms with Gasteiger partial charge in [0.1, 0.15) is 0 Å². The van der Waals surface area contributed by atoms with E-state index in [1.54, 1.807) is 6.07 Å². The molecule has 2 rings (SSSR count). The van der Waals surface area contributed by atoms with Crippen molar-refractivity contribution in [2.24, 2.45) is 11.7 Å². The minimum absolute atomic E-state index is 0.0138. The van der Waals surface area contributed by atoms with E-state index in [0.29, 0.717) is 30.1 Å². The fourth-order valence-corrected chi connectivity index (χ4v) is 2.98. The first-order valence-corrected chi connectivity index (χ1v) is 7.37. The molecule has 1 heterocycles. The molecule has 1 aliphatic heterocycles. The zero-order chi connectivity index (χ0) is 14.7. The molecule has 0 aliphatic carbocycles. The zero-order valence-electron chi connectivity index (χ0n) is 12.0. The van der Waals surface area contributed by atoms with E-state index in [0.717, 1.165) is 24.2 Å². The Morgan fingerprint density at radius 2 is 2.30 bits per heavy atom. The number of hydrogen-bond acceptors (Lipinski definition) is 3. The van der Waals surface area contributed by atoms with Crippen LogP contribution in [0, 0.1) is 12.8 Å². The molecule has 2 atom stereocenters. The molecular weight excluding hydrogens is 274 g/mol. The molecule has 0 aromatic heterocycles. The van der Waals surface area contributed by atoms with Crippen molar-refractivity contribution < 1.29 is 4.79 Å². The predicted molar refractivity (Wildman–Crippen MR) is 83.0 cm³/mol. The molecule has 1 aromatic carbocycles. The van der Waals surface area contributed by atoms with Gasteiger partial charge in [-0.1, -0.05) is 11.6 Å². The van der Waals surface area contributed by atoms with Crippen molar-refractivity contribution in [3.63, 3.8) is 0 Å². The van der Waals surface area contributed by atoms with Gasteiger partial charge in [-0.2, -0.15) is 0 Å². The SMILES string of the molecule is Cc1cc(Cl)ccc1NC(=O)CN1CC(CN)CC1C. The highest BCUT2D eigenvalue weighted by Crippen LogP contribution is 2.23. The average molecular weight is 296 g/mol. The van der Waals surface area contributed by atoms with Crippen molar-refractivity contribution in [3.8, 4) is 0 Å². The predicted octanol–water partition coefficient (Wildman–Crippen LogP) is 2.26. The highest BCUT2D eigenvalue weighted by Gasteiger charge is 2.29. The number of nitrogens with two attached hydrogens (primary N) is 1. The summed E-state index contributed by atoms with van der Waals surface area (Å²) in [7, 11) is 0. The third-order valence-electron chi connectivity index (χ3n) is 3.93. The molecule has 1 amide bonds. The number of rotatable bonds is 4. The molecule has 1 saturated heterocycles. The van der Waals surface area contributed by atoms with Gasteiger partial charge in [0.25, 0.3) is 0 Å². The molecule has 1 aliphatic rings. The van der Waals surface area contributed by atoms with Crippen molar-refractivity contribution in [1.82, 2.24) is 4.90 Å². The van der Waals surface area contributed by atoms with E-state index in [1.165, 1.54) is 0 Å². The van der Waals surface area contributed by atoms with Crippen LogP contribution in [0.15, 0.2) is 18.2 Å². The first-order valence-electron chi connectivity index (χ1n) is 6.99. The number of carbonyl (C=O) groups is 1. The summed E-state index contributed by atoms with van der Waals surface area (Å²) >= 11 is 5.91. The lowest BCUT2D eigenvalue weighted by Gasteiger charge is -2.20. The first-order chi connectivity index (χ1) is 9.49. The summed E-state index contributed by atoms with van der Waals surface area (Å²) in [5.41, 5.74) is 7.50. The summed E-state index contributed by atoms with van der Waals surface area (Å²) < 4.78 is 0. The van der Waals surface area contributed by atoms with E-state index in [4.69, 9.17) is 17.3 Å². The van der Waals surface area contributed by atoms with Crippen molar-refractivity contribution in [2.45, 2.75) is 26.3 Å². The molecule has 1 fully saturated rings. The lowest BCUT2D eigenvalue weighted by Crippen LogP contribution is -2.36. The van der Waals surface area contributed by atoms with E-state index >= 15 is 0 Å². The van der Waals surface area contributed by atoms with Crippen LogP contribution in [0.4, 0.5) is 5.69 Å². The van der Waals surface area contributed by atoms with Gasteiger partial charge < -0.3 is 11.1 Å². The van der Waals surface area contributed by atoms with Gasteiger partial charge in [-0.25, -0.2) is 0 Å². The van der Waals surface area contributed by atoms with Crippen LogP contribution in [0.25, 0.3) is 0 Å². The minimum atomic E-state index is 0.0138. The van der Waals surface area contributed by atoms with Crippen LogP contribution in [0.2, 0.25) is 5.02 Å². The highest BCUT2D eigenvalue weighted by atomic mass is 35.5.